The predicted molar refractivity (Wildman–Crippen MR) is 98.9 cm³/mol. The molecule has 0 unspecified atom stereocenters. The van der Waals surface area contributed by atoms with E-state index in [1.807, 2.05) is 0 Å². The highest BCUT2D eigenvalue weighted by atomic mass is 79.9. The van der Waals surface area contributed by atoms with E-state index in [9.17, 15) is 23.3 Å². The minimum Gasteiger partial charge on any atom is -0.480 e. The molecule has 0 aromatic heterocycles. The zero-order valence-electron chi connectivity index (χ0n) is 13.8. The number of carbonyl (C=O) groups is 1. The molecule has 1 N–H and O–H groups in total. The smallest absolute Gasteiger partial charge is 0.324 e. The first-order chi connectivity index (χ1) is 12.0. The maximum Gasteiger partial charge on any atom is 0.324 e. The monoisotopic (exact) mass is 442 g/mol. The Kier molecular flexibility index (Phi) is 5.67. The average Bonchev–Trinajstić information content (AvgIpc) is 2.55. The topological polar surface area (TPSA) is 118 Å². The standard InChI is InChI=1S/C16H15BrN2O6S/c1-10-3-5-13(8-15(10)19(22)23)26(24,25)18(9-16(20)21)12-4-6-14(17)11(2)7-12/h3-8H,9H2,1-2H3,(H,20,21). The quantitative estimate of drug-likeness (QED) is 0.541. The van der Waals surface area contributed by atoms with E-state index in [2.05, 4.69) is 15.9 Å². The van der Waals surface area contributed by atoms with Gasteiger partial charge in [-0.25, -0.2) is 8.42 Å². The van der Waals surface area contributed by atoms with Gasteiger partial charge in [-0.1, -0.05) is 22.0 Å². The highest BCUT2D eigenvalue weighted by molar-refractivity contribution is 9.10. The van der Waals surface area contributed by atoms with Gasteiger partial charge in [0.25, 0.3) is 15.7 Å². The van der Waals surface area contributed by atoms with Crippen molar-refractivity contribution < 1.29 is 23.2 Å². The van der Waals surface area contributed by atoms with Crippen LogP contribution in [0.25, 0.3) is 0 Å². The molecule has 0 fully saturated rings. The second-order valence-corrected chi connectivity index (χ2v) is 8.26. The number of sulfonamides is 1. The zero-order chi connectivity index (χ0) is 19.6. The number of halogens is 1. The fraction of sp³-hybridized carbons (Fsp3) is 0.188. The zero-order valence-corrected chi connectivity index (χ0v) is 16.2. The number of nitrogens with zero attached hydrogens (tertiary/aromatic N) is 2. The van der Waals surface area contributed by atoms with Crippen LogP contribution in [0.1, 0.15) is 11.1 Å². The molecule has 0 spiro atoms. The van der Waals surface area contributed by atoms with Crippen LogP contribution >= 0.6 is 15.9 Å². The van der Waals surface area contributed by atoms with Crippen molar-refractivity contribution >= 4 is 43.3 Å². The van der Waals surface area contributed by atoms with Gasteiger partial charge in [-0.2, -0.15) is 0 Å². The lowest BCUT2D eigenvalue weighted by atomic mass is 10.2. The summed E-state index contributed by atoms with van der Waals surface area (Å²) in [5, 5.41) is 20.2. The molecule has 0 bridgehead atoms. The summed E-state index contributed by atoms with van der Waals surface area (Å²) in [7, 11) is -4.32. The maximum atomic E-state index is 13.0. The van der Waals surface area contributed by atoms with Crippen molar-refractivity contribution in [3.8, 4) is 0 Å². The van der Waals surface area contributed by atoms with Crippen molar-refractivity contribution in [2.45, 2.75) is 18.7 Å². The molecule has 0 aliphatic heterocycles. The number of anilines is 1. The van der Waals surface area contributed by atoms with E-state index >= 15 is 0 Å². The Morgan fingerprint density at radius 2 is 1.85 bits per heavy atom. The molecule has 10 heteroatoms. The van der Waals surface area contributed by atoms with E-state index in [-0.39, 0.29) is 16.3 Å². The average molecular weight is 443 g/mol. The van der Waals surface area contributed by atoms with Gasteiger partial charge in [0.15, 0.2) is 0 Å². The molecular weight excluding hydrogens is 428 g/mol. The number of aryl methyl sites for hydroxylation is 2. The SMILES string of the molecule is Cc1cc(N(CC(=O)O)S(=O)(=O)c2ccc(C)c([N+](=O)[O-])c2)ccc1Br. The van der Waals surface area contributed by atoms with Crippen molar-refractivity contribution in [3.63, 3.8) is 0 Å². The van der Waals surface area contributed by atoms with Gasteiger partial charge in [0.05, 0.1) is 15.5 Å². The fourth-order valence-electron chi connectivity index (χ4n) is 2.30. The summed E-state index contributed by atoms with van der Waals surface area (Å²) in [5.41, 5.74) is 0.811. The number of carboxylic acid groups (broad SMARTS) is 1. The lowest BCUT2D eigenvalue weighted by molar-refractivity contribution is -0.385. The number of hydrogen-bond donors (Lipinski definition) is 1. The van der Waals surface area contributed by atoms with Gasteiger partial charge in [-0.05, 0) is 43.7 Å². The highest BCUT2D eigenvalue weighted by Crippen LogP contribution is 2.30. The largest absolute Gasteiger partial charge is 0.480 e. The number of nitro groups is 1. The summed E-state index contributed by atoms with van der Waals surface area (Å²) >= 11 is 3.30. The Labute approximate surface area is 158 Å². The molecule has 0 amide bonds. The Morgan fingerprint density at radius 1 is 1.19 bits per heavy atom. The molecule has 0 radical (unpaired) electrons. The van der Waals surface area contributed by atoms with Crippen molar-refractivity contribution in [3.05, 3.63) is 62.1 Å². The lowest BCUT2D eigenvalue weighted by Crippen LogP contribution is -2.35. The summed E-state index contributed by atoms with van der Waals surface area (Å²) in [6.45, 7) is 2.41. The molecule has 0 atom stereocenters. The maximum absolute atomic E-state index is 13.0. The van der Waals surface area contributed by atoms with Gasteiger partial charge >= 0.3 is 5.97 Å². The Hall–Kier alpha value is -2.46. The summed E-state index contributed by atoms with van der Waals surface area (Å²) in [4.78, 5) is 21.3. The molecule has 0 aliphatic carbocycles. The van der Waals surface area contributed by atoms with Gasteiger partial charge < -0.3 is 5.11 Å². The van der Waals surface area contributed by atoms with E-state index in [1.165, 1.54) is 31.2 Å². The Bertz CT molecular complexity index is 990. The molecule has 2 aromatic carbocycles. The van der Waals surface area contributed by atoms with Crippen LogP contribution in [0.4, 0.5) is 11.4 Å². The van der Waals surface area contributed by atoms with Gasteiger partial charge in [-0.3, -0.25) is 19.2 Å². The molecule has 0 aliphatic rings. The van der Waals surface area contributed by atoms with Gasteiger partial charge in [-0.15, -0.1) is 0 Å². The molecule has 0 saturated carbocycles. The molecule has 2 rings (SSSR count). The highest BCUT2D eigenvalue weighted by Gasteiger charge is 2.29. The number of hydrogen-bond acceptors (Lipinski definition) is 5. The molecule has 26 heavy (non-hydrogen) atoms. The number of aliphatic carboxylic acids is 1. The van der Waals surface area contributed by atoms with Crippen LogP contribution in [0.15, 0.2) is 45.8 Å². The molecule has 0 saturated heterocycles. The van der Waals surface area contributed by atoms with Crippen LogP contribution in [0.2, 0.25) is 0 Å². The molecular formula is C16H15BrN2O6S. The summed E-state index contributed by atoms with van der Waals surface area (Å²) in [6, 6.07) is 8.06. The molecule has 138 valence electrons. The van der Waals surface area contributed by atoms with E-state index in [0.29, 0.717) is 15.4 Å². The number of nitro benzene ring substituents is 1. The molecule has 8 nitrogen and oxygen atoms in total. The third kappa shape index (κ3) is 4.02. The van der Waals surface area contributed by atoms with Crippen LogP contribution in [-0.2, 0) is 14.8 Å². The third-order valence-electron chi connectivity index (χ3n) is 3.67. The number of carboxylic acids is 1. The van der Waals surface area contributed by atoms with Crippen LogP contribution in [0.3, 0.4) is 0 Å². The van der Waals surface area contributed by atoms with Crippen molar-refractivity contribution in [1.82, 2.24) is 0 Å². The summed E-state index contributed by atoms with van der Waals surface area (Å²) in [5.74, 6) is -1.35. The van der Waals surface area contributed by atoms with Gasteiger partial charge in [0.1, 0.15) is 6.54 Å². The van der Waals surface area contributed by atoms with E-state index < -0.39 is 27.5 Å². The fourth-order valence-corrected chi connectivity index (χ4v) is 3.97. The van der Waals surface area contributed by atoms with Gasteiger partial charge in [0, 0.05) is 16.1 Å². The summed E-state index contributed by atoms with van der Waals surface area (Å²) in [6.07, 6.45) is 0. The van der Waals surface area contributed by atoms with Crippen LogP contribution < -0.4 is 4.31 Å². The van der Waals surface area contributed by atoms with E-state index in [0.717, 1.165) is 10.5 Å². The van der Waals surface area contributed by atoms with Crippen LogP contribution in [0, 0.1) is 24.0 Å². The summed E-state index contributed by atoms with van der Waals surface area (Å²) < 4.78 is 27.4. The van der Waals surface area contributed by atoms with Crippen molar-refractivity contribution in [1.29, 1.82) is 0 Å². The molecule has 2 aromatic rings. The molecule has 0 heterocycles. The minimum atomic E-state index is -4.32. The van der Waals surface area contributed by atoms with Crippen molar-refractivity contribution in [2.24, 2.45) is 0 Å². The number of rotatable bonds is 6. The second kappa shape index (κ2) is 7.42. The Morgan fingerprint density at radius 3 is 2.38 bits per heavy atom. The van der Waals surface area contributed by atoms with Crippen molar-refractivity contribution in [2.75, 3.05) is 10.8 Å². The van der Waals surface area contributed by atoms with Gasteiger partial charge in [0.2, 0.25) is 0 Å². The van der Waals surface area contributed by atoms with Crippen LogP contribution in [0.5, 0.6) is 0 Å². The van der Waals surface area contributed by atoms with Crippen LogP contribution in [-0.4, -0.2) is 31.0 Å². The first kappa shape index (κ1) is 19.9. The minimum absolute atomic E-state index is 0.149. The normalized spacial score (nSPS) is 11.2. The first-order valence-electron chi connectivity index (χ1n) is 7.29. The Balaban J connectivity index is 2.63. The number of benzene rings is 2. The lowest BCUT2D eigenvalue weighted by Gasteiger charge is -2.23. The van der Waals surface area contributed by atoms with E-state index in [1.54, 1.807) is 13.0 Å². The second-order valence-electron chi connectivity index (χ2n) is 5.54. The first-order valence-corrected chi connectivity index (χ1v) is 9.53. The van der Waals surface area contributed by atoms with E-state index in [4.69, 9.17) is 5.11 Å². The third-order valence-corrected chi connectivity index (χ3v) is 6.33. The predicted octanol–water partition coefficient (Wildman–Crippen LogP) is 3.25.